The van der Waals surface area contributed by atoms with E-state index in [1.165, 1.54) is 16.7 Å². The molecule has 0 heteroatoms. The van der Waals surface area contributed by atoms with Crippen LogP contribution in [-0.2, 0) is 0 Å². The predicted molar refractivity (Wildman–Crippen MR) is 89.1 cm³/mol. The first kappa shape index (κ1) is 17.2. The maximum absolute atomic E-state index is 3.88. The van der Waals surface area contributed by atoms with E-state index in [0.29, 0.717) is 5.92 Å². The van der Waals surface area contributed by atoms with Gasteiger partial charge in [0.2, 0.25) is 0 Å². The van der Waals surface area contributed by atoms with Crippen molar-refractivity contribution < 1.29 is 0 Å². The molecular weight excluding hydrogens is 228 g/mol. The average molecular weight is 254 g/mol. The van der Waals surface area contributed by atoms with Gasteiger partial charge in [-0.3, -0.25) is 0 Å². The van der Waals surface area contributed by atoms with Gasteiger partial charge in [0.25, 0.3) is 0 Å². The lowest BCUT2D eigenvalue weighted by atomic mass is 9.95. The number of hydrogen-bond donors (Lipinski definition) is 0. The van der Waals surface area contributed by atoms with Crippen molar-refractivity contribution in [3.05, 3.63) is 84.6 Å². The lowest BCUT2D eigenvalue weighted by molar-refractivity contribution is 0.882. The Balaban J connectivity index is 5.15. The third-order valence-electron chi connectivity index (χ3n) is 2.92. The van der Waals surface area contributed by atoms with Crippen LogP contribution < -0.4 is 0 Å². The van der Waals surface area contributed by atoms with Crippen LogP contribution in [0.25, 0.3) is 0 Å². The second-order valence-corrected chi connectivity index (χ2v) is 4.37. The van der Waals surface area contributed by atoms with Gasteiger partial charge in [0.1, 0.15) is 0 Å². The Kier molecular flexibility index (Phi) is 9.16. The summed E-state index contributed by atoms with van der Waals surface area (Å²) in [5.41, 5.74) is 3.71. The first-order valence-corrected chi connectivity index (χ1v) is 6.70. The molecule has 0 aromatic heterocycles. The zero-order valence-corrected chi connectivity index (χ0v) is 12.7. The maximum Gasteiger partial charge on any atom is -0.000473 e. The molecule has 0 nitrogen and oxygen atoms in total. The zero-order chi connectivity index (χ0) is 14.7. The van der Waals surface area contributed by atoms with E-state index in [0.717, 1.165) is 0 Å². The third-order valence-corrected chi connectivity index (χ3v) is 2.92. The van der Waals surface area contributed by atoms with E-state index in [9.17, 15) is 0 Å². The summed E-state index contributed by atoms with van der Waals surface area (Å²) in [7, 11) is 0. The number of hydrogen-bond acceptors (Lipinski definition) is 0. The van der Waals surface area contributed by atoms with E-state index >= 15 is 0 Å². The summed E-state index contributed by atoms with van der Waals surface area (Å²) in [6.07, 6.45) is 18.3. The smallest absolute Gasteiger partial charge is 0.000473 e. The summed E-state index contributed by atoms with van der Waals surface area (Å²) in [5, 5.41) is 0. The fourth-order valence-electron chi connectivity index (χ4n) is 1.81. The summed E-state index contributed by atoms with van der Waals surface area (Å²) in [5.74, 6) is 0.348. The molecule has 0 heterocycles. The van der Waals surface area contributed by atoms with E-state index in [4.69, 9.17) is 0 Å². The fourth-order valence-corrected chi connectivity index (χ4v) is 1.81. The van der Waals surface area contributed by atoms with Gasteiger partial charge in [0, 0.05) is 0 Å². The van der Waals surface area contributed by atoms with Crippen LogP contribution in [0.4, 0.5) is 0 Å². The molecule has 0 aliphatic rings. The van der Waals surface area contributed by atoms with Gasteiger partial charge >= 0.3 is 0 Å². The molecule has 0 rings (SSSR count). The molecule has 1 atom stereocenters. The molecule has 0 spiro atoms. The van der Waals surface area contributed by atoms with Crippen molar-refractivity contribution in [2.75, 3.05) is 0 Å². The van der Waals surface area contributed by atoms with Crippen molar-refractivity contribution in [2.45, 2.75) is 27.7 Å². The Morgan fingerprint density at radius 2 is 1.79 bits per heavy atom. The highest BCUT2D eigenvalue weighted by Gasteiger charge is 2.03. The van der Waals surface area contributed by atoms with Gasteiger partial charge in [0.05, 0.1) is 0 Å². The van der Waals surface area contributed by atoms with Gasteiger partial charge in [0.15, 0.2) is 0 Å². The van der Waals surface area contributed by atoms with E-state index in [2.05, 4.69) is 58.2 Å². The van der Waals surface area contributed by atoms with Gasteiger partial charge < -0.3 is 0 Å². The van der Waals surface area contributed by atoms with Crippen molar-refractivity contribution in [1.82, 2.24) is 0 Å². The minimum atomic E-state index is 0.348. The monoisotopic (exact) mass is 254 g/mol. The molecule has 0 aromatic carbocycles. The summed E-state index contributed by atoms with van der Waals surface area (Å²) in [6.45, 7) is 16.0. The van der Waals surface area contributed by atoms with Crippen LogP contribution in [0, 0.1) is 5.92 Å². The van der Waals surface area contributed by atoms with Crippen molar-refractivity contribution in [3.8, 4) is 0 Å². The summed E-state index contributed by atoms with van der Waals surface area (Å²) >= 11 is 0. The van der Waals surface area contributed by atoms with Crippen molar-refractivity contribution >= 4 is 0 Å². The first-order chi connectivity index (χ1) is 9.10. The van der Waals surface area contributed by atoms with Gasteiger partial charge in [-0.05, 0) is 43.4 Å². The van der Waals surface area contributed by atoms with Crippen molar-refractivity contribution in [2.24, 2.45) is 5.92 Å². The van der Waals surface area contributed by atoms with Crippen LogP contribution in [0.5, 0.6) is 0 Å². The predicted octanol–water partition coefficient (Wildman–Crippen LogP) is 5.95. The molecule has 102 valence electrons. The topological polar surface area (TPSA) is 0 Å². The van der Waals surface area contributed by atoms with E-state index in [1.807, 2.05) is 31.2 Å². The quantitative estimate of drug-likeness (QED) is 0.493. The number of rotatable bonds is 7. The van der Waals surface area contributed by atoms with Crippen LogP contribution >= 0.6 is 0 Å². The molecule has 1 unspecified atom stereocenters. The summed E-state index contributed by atoms with van der Waals surface area (Å²) in [4.78, 5) is 0. The Morgan fingerprint density at radius 3 is 2.26 bits per heavy atom. The van der Waals surface area contributed by atoms with Crippen LogP contribution in [0.2, 0.25) is 0 Å². The molecule has 0 N–H and O–H groups in total. The highest BCUT2D eigenvalue weighted by atomic mass is 14.1. The van der Waals surface area contributed by atoms with Gasteiger partial charge in [-0.2, -0.15) is 0 Å². The van der Waals surface area contributed by atoms with Crippen LogP contribution in [0.1, 0.15) is 27.7 Å². The largest absolute Gasteiger partial charge is 0.0991 e. The molecule has 19 heavy (non-hydrogen) atoms. The Hall–Kier alpha value is -1.82. The summed E-state index contributed by atoms with van der Waals surface area (Å²) < 4.78 is 0. The van der Waals surface area contributed by atoms with Crippen LogP contribution in [0.3, 0.4) is 0 Å². The molecule has 0 saturated carbocycles. The summed E-state index contributed by atoms with van der Waals surface area (Å²) in [6, 6.07) is 0. The second-order valence-electron chi connectivity index (χ2n) is 4.37. The highest BCUT2D eigenvalue weighted by molar-refractivity contribution is 5.41. The lowest BCUT2D eigenvalue weighted by Gasteiger charge is -2.10. The molecule has 0 saturated heterocycles. The van der Waals surface area contributed by atoms with Crippen molar-refractivity contribution in [3.63, 3.8) is 0 Å². The van der Waals surface area contributed by atoms with Crippen LogP contribution in [0.15, 0.2) is 84.6 Å². The number of allylic oxidation sites excluding steroid dienone is 12. The van der Waals surface area contributed by atoms with Gasteiger partial charge in [-0.25, -0.2) is 0 Å². The Labute approximate surface area is 118 Å². The highest BCUT2D eigenvalue weighted by Crippen LogP contribution is 2.19. The first-order valence-electron chi connectivity index (χ1n) is 6.70. The molecule has 0 aliphatic heterocycles. The average Bonchev–Trinajstić information content (AvgIpc) is 2.40. The second kappa shape index (κ2) is 10.1. The van der Waals surface area contributed by atoms with Gasteiger partial charge in [-0.15, -0.1) is 0 Å². The lowest BCUT2D eigenvalue weighted by Crippen LogP contribution is -1.95. The van der Waals surface area contributed by atoms with Gasteiger partial charge in [-0.1, -0.05) is 74.8 Å². The SMILES string of the molecule is C=C\C=C/C(=C\C)C(/C)=C/C(C)/C(C=C)=C/C=C\C. The maximum atomic E-state index is 3.88. The van der Waals surface area contributed by atoms with E-state index in [1.54, 1.807) is 6.08 Å². The minimum absolute atomic E-state index is 0.348. The molecular formula is C19H26. The standard InChI is InChI=1S/C19H26/c1-7-11-13-18(9-3)16(5)15-17(6)19(10-4)14-12-8-2/h7-15,17H,1,4H2,2-3,5-6H3/b12-8-,13-11-,16-15+,18-9+,19-14+. The Bertz CT molecular complexity index is 437. The minimum Gasteiger partial charge on any atom is -0.0991 e. The molecule has 0 radical (unpaired) electrons. The Morgan fingerprint density at radius 1 is 1.11 bits per heavy atom. The van der Waals surface area contributed by atoms with E-state index < -0.39 is 0 Å². The molecule has 0 amide bonds. The molecule has 0 bridgehead atoms. The molecule has 0 aliphatic carbocycles. The third kappa shape index (κ3) is 6.61. The molecule has 0 aromatic rings. The van der Waals surface area contributed by atoms with E-state index in [-0.39, 0.29) is 0 Å². The fraction of sp³-hybridized carbons (Fsp3) is 0.263. The normalized spacial score (nSPS) is 16.1. The van der Waals surface area contributed by atoms with Crippen LogP contribution in [-0.4, -0.2) is 0 Å². The van der Waals surface area contributed by atoms with Crippen molar-refractivity contribution in [1.29, 1.82) is 0 Å². The zero-order valence-electron chi connectivity index (χ0n) is 12.7. The molecule has 0 fully saturated rings.